The van der Waals surface area contributed by atoms with Gasteiger partial charge in [0.2, 0.25) is 0 Å². The highest BCUT2D eigenvalue weighted by Gasteiger charge is 2.25. The largest absolute Gasteiger partial charge is 0.494 e. The molecule has 8 nitrogen and oxygen atoms in total. The van der Waals surface area contributed by atoms with Crippen LogP contribution in [0.15, 0.2) is 36.7 Å². The van der Waals surface area contributed by atoms with Gasteiger partial charge in [-0.15, -0.1) is 0 Å². The lowest BCUT2D eigenvalue weighted by Crippen LogP contribution is -2.41. The zero-order valence-electron chi connectivity index (χ0n) is 16.2. The first kappa shape index (κ1) is 19.7. The number of urea groups is 1. The summed E-state index contributed by atoms with van der Waals surface area (Å²) in [4.78, 5) is 20.5. The van der Waals surface area contributed by atoms with Crippen LogP contribution in [0.5, 0.6) is 17.5 Å². The van der Waals surface area contributed by atoms with Gasteiger partial charge in [-0.05, 0) is 56.9 Å². The molecule has 1 saturated carbocycles. The van der Waals surface area contributed by atoms with E-state index in [9.17, 15) is 4.79 Å². The lowest BCUT2D eigenvalue weighted by Gasteiger charge is -2.29. The van der Waals surface area contributed by atoms with Gasteiger partial charge in [0.1, 0.15) is 11.9 Å². The van der Waals surface area contributed by atoms with Crippen LogP contribution in [0, 0.1) is 0 Å². The van der Waals surface area contributed by atoms with Crippen molar-refractivity contribution in [1.82, 2.24) is 15.3 Å². The van der Waals surface area contributed by atoms with Gasteiger partial charge in [-0.2, -0.15) is 0 Å². The average molecular weight is 386 g/mol. The van der Waals surface area contributed by atoms with Crippen LogP contribution < -0.4 is 24.8 Å². The number of hydrogen-bond acceptors (Lipinski definition) is 6. The number of anilines is 1. The maximum Gasteiger partial charge on any atom is 0.319 e. The summed E-state index contributed by atoms with van der Waals surface area (Å²) in [5, 5.41) is 5.88. The highest BCUT2D eigenvalue weighted by atomic mass is 16.5. The van der Waals surface area contributed by atoms with Crippen molar-refractivity contribution in [2.75, 3.05) is 19.0 Å². The number of methoxy groups -OCH3 is 1. The molecule has 0 radical (unpaired) electrons. The first-order valence-corrected chi connectivity index (χ1v) is 9.50. The Bertz CT molecular complexity index is 761. The number of amides is 2. The Balaban J connectivity index is 1.43. The number of nitrogens with zero attached hydrogens (tertiary/aromatic N) is 2. The van der Waals surface area contributed by atoms with E-state index in [1.54, 1.807) is 19.5 Å². The number of aromatic nitrogens is 2. The summed E-state index contributed by atoms with van der Waals surface area (Å²) in [6, 6.07) is 7.23. The predicted molar refractivity (Wildman–Crippen MR) is 105 cm³/mol. The van der Waals surface area contributed by atoms with Crippen molar-refractivity contribution in [1.29, 1.82) is 0 Å². The molecule has 0 spiro atoms. The van der Waals surface area contributed by atoms with E-state index in [1.807, 2.05) is 31.2 Å². The molecule has 28 heavy (non-hydrogen) atoms. The lowest BCUT2D eigenvalue weighted by atomic mass is 9.93. The van der Waals surface area contributed by atoms with Crippen molar-refractivity contribution in [2.24, 2.45) is 0 Å². The van der Waals surface area contributed by atoms with E-state index in [2.05, 4.69) is 20.6 Å². The van der Waals surface area contributed by atoms with Crippen LogP contribution >= 0.6 is 0 Å². The van der Waals surface area contributed by atoms with Gasteiger partial charge in [-0.3, -0.25) is 0 Å². The molecule has 3 rings (SSSR count). The number of benzene rings is 1. The minimum Gasteiger partial charge on any atom is -0.494 e. The van der Waals surface area contributed by atoms with E-state index >= 15 is 0 Å². The molecule has 2 aromatic rings. The fraction of sp³-hybridized carbons (Fsp3) is 0.450. The Hall–Kier alpha value is -3.03. The third kappa shape index (κ3) is 5.48. The van der Waals surface area contributed by atoms with Crippen LogP contribution in [0.4, 0.5) is 10.5 Å². The molecule has 0 unspecified atom stereocenters. The molecule has 8 heteroatoms. The van der Waals surface area contributed by atoms with Gasteiger partial charge in [-0.1, -0.05) is 0 Å². The van der Waals surface area contributed by atoms with Gasteiger partial charge in [0.05, 0.1) is 13.7 Å². The number of nitrogens with one attached hydrogen (secondary N) is 2. The van der Waals surface area contributed by atoms with E-state index in [0.29, 0.717) is 18.4 Å². The molecule has 1 fully saturated rings. The van der Waals surface area contributed by atoms with Crippen LogP contribution in [0.1, 0.15) is 32.6 Å². The van der Waals surface area contributed by atoms with Crippen LogP contribution in [0.25, 0.3) is 0 Å². The quantitative estimate of drug-likeness (QED) is 0.757. The number of ether oxygens (including phenoxy) is 3. The molecule has 1 aliphatic carbocycles. The van der Waals surface area contributed by atoms with Crippen LogP contribution in [-0.2, 0) is 0 Å². The van der Waals surface area contributed by atoms with E-state index in [-0.39, 0.29) is 18.2 Å². The van der Waals surface area contributed by atoms with Gasteiger partial charge >= 0.3 is 6.03 Å². The molecule has 1 aliphatic rings. The van der Waals surface area contributed by atoms with Crippen LogP contribution in [0.2, 0.25) is 0 Å². The summed E-state index contributed by atoms with van der Waals surface area (Å²) >= 11 is 0. The second-order valence-electron chi connectivity index (χ2n) is 6.52. The van der Waals surface area contributed by atoms with Crippen molar-refractivity contribution in [3.05, 3.63) is 36.7 Å². The fourth-order valence-corrected chi connectivity index (χ4v) is 3.17. The third-order valence-corrected chi connectivity index (χ3v) is 4.54. The van der Waals surface area contributed by atoms with E-state index in [0.717, 1.165) is 37.1 Å². The highest BCUT2D eigenvalue weighted by molar-refractivity contribution is 5.89. The van der Waals surface area contributed by atoms with E-state index in [4.69, 9.17) is 14.2 Å². The van der Waals surface area contributed by atoms with Crippen molar-refractivity contribution in [3.63, 3.8) is 0 Å². The molecule has 0 saturated heterocycles. The molecule has 1 heterocycles. The zero-order chi connectivity index (χ0) is 19.8. The van der Waals surface area contributed by atoms with Gasteiger partial charge in [0.15, 0.2) is 0 Å². The Morgan fingerprint density at radius 3 is 2.39 bits per heavy atom. The molecule has 2 N–H and O–H groups in total. The summed E-state index contributed by atoms with van der Waals surface area (Å²) in [6.07, 6.45) is 6.51. The zero-order valence-corrected chi connectivity index (χ0v) is 16.2. The first-order chi connectivity index (χ1) is 13.7. The number of hydrogen-bond donors (Lipinski definition) is 2. The molecule has 1 aromatic carbocycles. The fourth-order valence-electron chi connectivity index (χ4n) is 3.17. The molecule has 0 bridgehead atoms. The summed E-state index contributed by atoms with van der Waals surface area (Å²) < 4.78 is 16.5. The maximum absolute atomic E-state index is 12.2. The number of carbonyl (C=O) groups is 1. The number of carbonyl (C=O) groups excluding carboxylic acids is 1. The standard InChI is InChI=1S/C20H26N4O4/c1-3-27-16-8-4-14(5-9-16)23-20(25)24-15-6-10-17(11-7-15)28-19-18(26-2)21-12-13-22-19/h4-5,8-9,12-13,15,17H,3,6-7,10-11H2,1-2H3,(H2,23,24,25). The van der Waals surface area contributed by atoms with Gasteiger partial charge in [-0.25, -0.2) is 14.8 Å². The lowest BCUT2D eigenvalue weighted by molar-refractivity contribution is 0.129. The first-order valence-electron chi connectivity index (χ1n) is 9.50. The number of rotatable bonds is 7. The molecular formula is C20H26N4O4. The Morgan fingerprint density at radius 1 is 1.07 bits per heavy atom. The minimum atomic E-state index is -0.205. The Morgan fingerprint density at radius 2 is 1.75 bits per heavy atom. The van der Waals surface area contributed by atoms with E-state index in [1.165, 1.54) is 0 Å². The van der Waals surface area contributed by atoms with Gasteiger partial charge in [0, 0.05) is 24.1 Å². The van der Waals surface area contributed by atoms with Gasteiger partial charge < -0.3 is 24.8 Å². The summed E-state index contributed by atoms with van der Waals surface area (Å²) in [6.45, 7) is 2.55. The topological polar surface area (TPSA) is 94.6 Å². The SMILES string of the molecule is CCOc1ccc(NC(=O)NC2CCC(Oc3nccnc3OC)CC2)cc1. The second-order valence-corrected chi connectivity index (χ2v) is 6.52. The monoisotopic (exact) mass is 386 g/mol. The Labute approximate surface area is 164 Å². The van der Waals surface area contributed by atoms with Crippen molar-refractivity contribution >= 4 is 11.7 Å². The summed E-state index contributed by atoms with van der Waals surface area (Å²) in [5.41, 5.74) is 0.729. The van der Waals surface area contributed by atoms with Gasteiger partial charge in [0.25, 0.3) is 11.8 Å². The summed E-state index contributed by atoms with van der Waals surface area (Å²) in [7, 11) is 1.54. The molecule has 2 amide bonds. The average Bonchev–Trinajstić information content (AvgIpc) is 2.71. The van der Waals surface area contributed by atoms with Crippen LogP contribution in [0.3, 0.4) is 0 Å². The third-order valence-electron chi connectivity index (χ3n) is 4.54. The molecular weight excluding hydrogens is 360 g/mol. The van der Waals surface area contributed by atoms with Crippen molar-refractivity contribution < 1.29 is 19.0 Å². The van der Waals surface area contributed by atoms with E-state index < -0.39 is 0 Å². The summed E-state index contributed by atoms with van der Waals surface area (Å²) in [5.74, 6) is 1.58. The van der Waals surface area contributed by atoms with Crippen LogP contribution in [-0.4, -0.2) is 41.9 Å². The molecule has 1 aromatic heterocycles. The smallest absolute Gasteiger partial charge is 0.319 e. The normalized spacial score (nSPS) is 18.8. The molecule has 150 valence electrons. The predicted octanol–water partition coefficient (Wildman–Crippen LogP) is 3.40. The second kappa shape index (κ2) is 9.77. The Kier molecular flexibility index (Phi) is 6.89. The molecule has 0 atom stereocenters. The van der Waals surface area contributed by atoms with Crippen molar-refractivity contribution in [2.45, 2.75) is 44.8 Å². The molecule has 0 aliphatic heterocycles. The van der Waals surface area contributed by atoms with Crippen molar-refractivity contribution in [3.8, 4) is 17.5 Å². The minimum absolute atomic E-state index is 0.0396. The maximum atomic E-state index is 12.2. The highest BCUT2D eigenvalue weighted by Crippen LogP contribution is 2.27.